The first-order valence-corrected chi connectivity index (χ1v) is 12.7. The standard InChI is InChI=1S/C28H34N2O2S/c1-3-5-18-29(28(32)26(4-2)24-15-10-7-11-16-24)22-27(31)30(21-25-17-12-19-33-25)20-23-13-8-6-9-14-23/h6-17,19,26H,3-5,18,20-22H2,1-2H3. The maximum Gasteiger partial charge on any atom is 0.242 e. The van der Waals surface area contributed by atoms with Crippen molar-refractivity contribution in [2.45, 2.75) is 52.1 Å². The van der Waals surface area contributed by atoms with Crippen molar-refractivity contribution >= 4 is 23.2 Å². The zero-order chi connectivity index (χ0) is 23.5. The summed E-state index contributed by atoms with van der Waals surface area (Å²) in [5, 5.41) is 2.03. The lowest BCUT2D eigenvalue weighted by atomic mass is 9.95. The van der Waals surface area contributed by atoms with E-state index >= 15 is 0 Å². The molecule has 0 N–H and O–H groups in total. The average Bonchev–Trinajstić information content (AvgIpc) is 3.36. The fourth-order valence-electron chi connectivity index (χ4n) is 3.96. The Morgan fingerprint density at radius 2 is 1.55 bits per heavy atom. The van der Waals surface area contributed by atoms with Crippen LogP contribution in [-0.2, 0) is 22.7 Å². The Balaban J connectivity index is 1.79. The summed E-state index contributed by atoms with van der Waals surface area (Å²) in [6, 6.07) is 24.0. The van der Waals surface area contributed by atoms with Crippen molar-refractivity contribution in [2.24, 2.45) is 0 Å². The van der Waals surface area contributed by atoms with Crippen molar-refractivity contribution in [3.05, 3.63) is 94.2 Å². The van der Waals surface area contributed by atoms with Crippen LogP contribution in [0.3, 0.4) is 0 Å². The van der Waals surface area contributed by atoms with E-state index in [4.69, 9.17) is 0 Å². The van der Waals surface area contributed by atoms with Gasteiger partial charge in [0.1, 0.15) is 0 Å². The van der Waals surface area contributed by atoms with E-state index in [1.165, 1.54) is 0 Å². The molecular formula is C28H34N2O2S. The third-order valence-corrected chi connectivity index (χ3v) is 6.68. The highest BCUT2D eigenvalue weighted by atomic mass is 32.1. The Labute approximate surface area is 201 Å². The number of amides is 2. The molecule has 0 radical (unpaired) electrons. The highest BCUT2D eigenvalue weighted by Gasteiger charge is 2.27. The Kier molecular flexibility index (Phi) is 9.70. The number of carbonyl (C=O) groups excluding carboxylic acids is 2. The molecule has 1 heterocycles. The fourth-order valence-corrected chi connectivity index (χ4v) is 4.68. The van der Waals surface area contributed by atoms with Gasteiger partial charge in [-0.1, -0.05) is 87.0 Å². The quantitative estimate of drug-likeness (QED) is 0.326. The molecule has 4 nitrogen and oxygen atoms in total. The lowest BCUT2D eigenvalue weighted by Crippen LogP contribution is -2.44. The summed E-state index contributed by atoms with van der Waals surface area (Å²) in [5.74, 6) is -0.198. The molecule has 5 heteroatoms. The number of nitrogens with zero attached hydrogens (tertiary/aromatic N) is 2. The molecule has 174 valence electrons. The average molecular weight is 463 g/mol. The van der Waals surface area contributed by atoms with Crippen LogP contribution < -0.4 is 0 Å². The lowest BCUT2D eigenvalue weighted by Gasteiger charge is -2.30. The predicted molar refractivity (Wildman–Crippen MR) is 136 cm³/mol. The number of benzene rings is 2. The first-order valence-electron chi connectivity index (χ1n) is 11.8. The SMILES string of the molecule is CCCCN(CC(=O)N(Cc1ccccc1)Cc1cccs1)C(=O)C(CC)c1ccccc1. The third-order valence-electron chi connectivity index (χ3n) is 5.82. The third kappa shape index (κ3) is 7.29. The van der Waals surface area contributed by atoms with Gasteiger partial charge in [0.2, 0.25) is 11.8 Å². The van der Waals surface area contributed by atoms with E-state index in [1.54, 1.807) is 16.2 Å². The van der Waals surface area contributed by atoms with Gasteiger partial charge < -0.3 is 9.80 Å². The van der Waals surface area contributed by atoms with Gasteiger partial charge in [0.05, 0.1) is 19.0 Å². The highest BCUT2D eigenvalue weighted by Crippen LogP contribution is 2.23. The van der Waals surface area contributed by atoms with Crippen molar-refractivity contribution in [3.63, 3.8) is 0 Å². The second kappa shape index (κ2) is 12.9. The first-order chi connectivity index (χ1) is 16.1. The summed E-state index contributed by atoms with van der Waals surface area (Å²) in [6.07, 6.45) is 2.57. The van der Waals surface area contributed by atoms with E-state index in [0.717, 1.165) is 28.8 Å². The van der Waals surface area contributed by atoms with Crippen LogP contribution in [0.4, 0.5) is 0 Å². The number of rotatable bonds is 12. The lowest BCUT2D eigenvalue weighted by molar-refractivity contribution is -0.142. The topological polar surface area (TPSA) is 40.6 Å². The minimum absolute atomic E-state index is 0.0142. The van der Waals surface area contributed by atoms with Gasteiger partial charge in [-0.25, -0.2) is 0 Å². The maximum absolute atomic E-state index is 13.6. The molecule has 2 aromatic carbocycles. The molecule has 0 aliphatic rings. The van der Waals surface area contributed by atoms with Crippen LogP contribution in [0.1, 0.15) is 55.0 Å². The van der Waals surface area contributed by atoms with E-state index in [9.17, 15) is 9.59 Å². The number of thiophene rings is 1. The van der Waals surface area contributed by atoms with E-state index < -0.39 is 0 Å². The number of carbonyl (C=O) groups is 2. The van der Waals surface area contributed by atoms with Crippen molar-refractivity contribution < 1.29 is 9.59 Å². The Morgan fingerprint density at radius 3 is 2.15 bits per heavy atom. The van der Waals surface area contributed by atoms with Gasteiger partial charge in [-0.3, -0.25) is 9.59 Å². The molecule has 0 saturated carbocycles. The molecule has 3 rings (SSSR count). The van der Waals surface area contributed by atoms with Crippen molar-refractivity contribution in [2.75, 3.05) is 13.1 Å². The number of hydrogen-bond donors (Lipinski definition) is 0. The second-order valence-electron chi connectivity index (χ2n) is 8.30. The second-order valence-corrected chi connectivity index (χ2v) is 9.33. The molecule has 3 aromatic rings. The van der Waals surface area contributed by atoms with Crippen molar-refractivity contribution in [3.8, 4) is 0 Å². The Morgan fingerprint density at radius 1 is 0.848 bits per heavy atom. The summed E-state index contributed by atoms with van der Waals surface area (Å²) >= 11 is 1.65. The molecule has 0 fully saturated rings. The van der Waals surface area contributed by atoms with E-state index in [-0.39, 0.29) is 24.3 Å². The van der Waals surface area contributed by atoms with E-state index in [0.29, 0.717) is 26.1 Å². The van der Waals surface area contributed by atoms with Gasteiger partial charge in [-0.15, -0.1) is 11.3 Å². The largest absolute Gasteiger partial charge is 0.333 e. The van der Waals surface area contributed by atoms with Crippen LogP contribution in [0.2, 0.25) is 0 Å². The molecule has 0 aliphatic heterocycles. The molecule has 1 aromatic heterocycles. The molecule has 2 amide bonds. The minimum Gasteiger partial charge on any atom is -0.333 e. The normalized spacial score (nSPS) is 11.7. The van der Waals surface area contributed by atoms with Crippen LogP contribution in [0.25, 0.3) is 0 Å². The van der Waals surface area contributed by atoms with Crippen molar-refractivity contribution in [1.29, 1.82) is 0 Å². The molecule has 1 unspecified atom stereocenters. The van der Waals surface area contributed by atoms with Gasteiger partial charge in [0.25, 0.3) is 0 Å². The fraction of sp³-hybridized carbons (Fsp3) is 0.357. The monoisotopic (exact) mass is 462 g/mol. The molecule has 0 saturated heterocycles. The summed E-state index contributed by atoms with van der Waals surface area (Å²) in [5.41, 5.74) is 2.10. The minimum atomic E-state index is -0.226. The van der Waals surface area contributed by atoms with E-state index in [1.807, 2.05) is 83.9 Å². The van der Waals surface area contributed by atoms with Gasteiger partial charge in [0, 0.05) is 18.0 Å². The number of hydrogen-bond acceptors (Lipinski definition) is 3. The van der Waals surface area contributed by atoms with Gasteiger partial charge in [-0.2, -0.15) is 0 Å². The zero-order valence-electron chi connectivity index (χ0n) is 19.7. The summed E-state index contributed by atoms with van der Waals surface area (Å²) < 4.78 is 0. The summed E-state index contributed by atoms with van der Waals surface area (Å²) in [4.78, 5) is 31.9. The molecule has 33 heavy (non-hydrogen) atoms. The van der Waals surface area contributed by atoms with Crippen molar-refractivity contribution in [1.82, 2.24) is 9.80 Å². The molecular weight excluding hydrogens is 428 g/mol. The summed E-state index contributed by atoms with van der Waals surface area (Å²) in [7, 11) is 0. The Hall–Kier alpha value is -2.92. The van der Waals surface area contributed by atoms with Gasteiger partial charge in [0.15, 0.2) is 0 Å². The van der Waals surface area contributed by atoms with Crippen LogP contribution in [0.15, 0.2) is 78.2 Å². The molecule has 1 atom stereocenters. The van der Waals surface area contributed by atoms with Gasteiger partial charge in [-0.05, 0) is 35.4 Å². The predicted octanol–water partition coefficient (Wildman–Crippen LogP) is 6.10. The molecule has 0 spiro atoms. The molecule has 0 aliphatic carbocycles. The first kappa shape index (κ1) is 24.7. The van der Waals surface area contributed by atoms with Crippen LogP contribution >= 0.6 is 11.3 Å². The van der Waals surface area contributed by atoms with E-state index in [2.05, 4.69) is 13.0 Å². The highest BCUT2D eigenvalue weighted by molar-refractivity contribution is 7.09. The summed E-state index contributed by atoms with van der Waals surface area (Å²) in [6.45, 7) is 5.94. The number of unbranched alkanes of at least 4 members (excludes halogenated alkanes) is 1. The van der Waals surface area contributed by atoms with Crippen LogP contribution in [0.5, 0.6) is 0 Å². The van der Waals surface area contributed by atoms with Gasteiger partial charge >= 0.3 is 0 Å². The molecule has 0 bridgehead atoms. The Bertz CT molecular complexity index is 974. The van der Waals surface area contributed by atoms with Crippen LogP contribution in [-0.4, -0.2) is 34.7 Å². The smallest absolute Gasteiger partial charge is 0.242 e. The van der Waals surface area contributed by atoms with Crippen LogP contribution in [0, 0.1) is 0 Å². The maximum atomic E-state index is 13.6. The zero-order valence-corrected chi connectivity index (χ0v) is 20.5.